The van der Waals surface area contributed by atoms with Crippen LogP contribution in [-0.4, -0.2) is 26.1 Å². The highest BCUT2D eigenvalue weighted by molar-refractivity contribution is 9.10. The summed E-state index contributed by atoms with van der Waals surface area (Å²) < 4.78 is 15.1. The molecule has 0 bridgehead atoms. The minimum Gasteiger partial charge on any atom is -0.476 e. The van der Waals surface area contributed by atoms with Gasteiger partial charge in [-0.3, -0.25) is 0 Å². The van der Waals surface area contributed by atoms with Gasteiger partial charge in [-0.2, -0.15) is 0 Å². The highest BCUT2D eigenvalue weighted by atomic mass is 79.9. The Labute approximate surface area is 116 Å². The molecule has 1 aliphatic rings. The van der Waals surface area contributed by atoms with Gasteiger partial charge in [-0.1, -0.05) is 5.21 Å². The third kappa shape index (κ3) is 2.14. The standard InChI is InChI=1S/C12H9BrFN3O2/c13-8-5-7(14)3-4-9(8)17-11(6-1-2-6)10(12(18)19)15-16-17/h3-6H,1-2H2,(H,18,19). The van der Waals surface area contributed by atoms with E-state index in [1.54, 1.807) is 6.07 Å². The van der Waals surface area contributed by atoms with E-state index >= 15 is 0 Å². The average Bonchev–Trinajstić information content (AvgIpc) is 3.08. The van der Waals surface area contributed by atoms with Crippen molar-refractivity contribution in [2.45, 2.75) is 18.8 Å². The van der Waals surface area contributed by atoms with Gasteiger partial charge >= 0.3 is 5.97 Å². The lowest BCUT2D eigenvalue weighted by Gasteiger charge is -2.08. The van der Waals surface area contributed by atoms with Crippen LogP contribution in [0.3, 0.4) is 0 Å². The fourth-order valence-corrected chi connectivity index (χ4v) is 2.51. The number of carboxylic acid groups (broad SMARTS) is 1. The molecule has 1 aromatic heterocycles. The van der Waals surface area contributed by atoms with Crippen molar-refractivity contribution in [2.75, 3.05) is 0 Å². The molecule has 0 atom stereocenters. The zero-order valence-electron chi connectivity index (χ0n) is 9.68. The molecule has 0 saturated heterocycles. The predicted molar refractivity (Wildman–Crippen MR) is 68.0 cm³/mol. The monoisotopic (exact) mass is 325 g/mol. The first-order valence-electron chi connectivity index (χ1n) is 5.72. The van der Waals surface area contributed by atoms with Gasteiger partial charge in [0.05, 0.1) is 11.4 Å². The van der Waals surface area contributed by atoms with Crippen LogP contribution < -0.4 is 0 Å². The van der Waals surface area contributed by atoms with Gasteiger partial charge in [0.2, 0.25) is 0 Å². The summed E-state index contributed by atoms with van der Waals surface area (Å²) in [6.07, 6.45) is 1.85. The maximum atomic E-state index is 13.1. The summed E-state index contributed by atoms with van der Waals surface area (Å²) in [5.74, 6) is -1.30. The predicted octanol–water partition coefficient (Wildman–Crippen LogP) is 2.74. The molecule has 0 spiro atoms. The molecular weight excluding hydrogens is 317 g/mol. The van der Waals surface area contributed by atoms with Gasteiger partial charge in [-0.05, 0) is 47.0 Å². The molecule has 2 aromatic rings. The number of nitrogens with zero attached hydrogens (tertiary/aromatic N) is 3. The number of halogens is 2. The van der Waals surface area contributed by atoms with Gasteiger partial charge in [0, 0.05) is 10.4 Å². The van der Waals surface area contributed by atoms with E-state index in [-0.39, 0.29) is 17.4 Å². The van der Waals surface area contributed by atoms with Crippen LogP contribution in [-0.2, 0) is 0 Å². The maximum absolute atomic E-state index is 13.1. The van der Waals surface area contributed by atoms with Crippen molar-refractivity contribution >= 4 is 21.9 Å². The van der Waals surface area contributed by atoms with Crippen molar-refractivity contribution in [3.63, 3.8) is 0 Å². The number of aromatic carboxylic acids is 1. The maximum Gasteiger partial charge on any atom is 0.358 e. The molecule has 1 aliphatic carbocycles. The molecule has 0 aliphatic heterocycles. The minimum absolute atomic E-state index is 0.0290. The van der Waals surface area contributed by atoms with Gasteiger partial charge in [0.15, 0.2) is 5.69 Å². The lowest BCUT2D eigenvalue weighted by molar-refractivity contribution is 0.0689. The van der Waals surface area contributed by atoms with Crippen LogP contribution in [0.4, 0.5) is 4.39 Å². The Bertz CT molecular complexity index is 667. The lowest BCUT2D eigenvalue weighted by Crippen LogP contribution is -2.06. The van der Waals surface area contributed by atoms with Gasteiger partial charge in [-0.25, -0.2) is 13.9 Å². The van der Waals surface area contributed by atoms with Gasteiger partial charge in [-0.15, -0.1) is 5.10 Å². The molecule has 7 heteroatoms. The summed E-state index contributed by atoms with van der Waals surface area (Å²) in [5, 5.41) is 16.7. The van der Waals surface area contributed by atoms with E-state index in [1.165, 1.54) is 16.8 Å². The number of carboxylic acids is 1. The smallest absolute Gasteiger partial charge is 0.358 e. The highest BCUT2D eigenvalue weighted by Crippen LogP contribution is 2.42. The molecule has 19 heavy (non-hydrogen) atoms. The Morgan fingerprint density at radius 3 is 2.79 bits per heavy atom. The number of hydrogen-bond acceptors (Lipinski definition) is 3. The van der Waals surface area contributed by atoms with Crippen LogP contribution in [0, 0.1) is 5.82 Å². The number of aromatic nitrogens is 3. The van der Waals surface area contributed by atoms with E-state index in [9.17, 15) is 9.18 Å². The molecule has 1 heterocycles. The molecule has 3 rings (SSSR count). The van der Waals surface area contributed by atoms with Crippen LogP contribution in [0.25, 0.3) is 5.69 Å². The van der Waals surface area contributed by atoms with Gasteiger partial charge < -0.3 is 5.11 Å². The van der Waals surface area contributed by atoms with Crippen LogP contribution in [0.15, 0.2) is 22.7 Å². The molecule has 1 fully saturated rings. The third-order valence-corrected chi connectivity index (χ3v) is 3.64. The number of benzene rings is 1. The second-order valence-corrected chi connectivity index (χ2v) is 5.26. The fraction of sp³-hybridized carbons (Fsp3) is 0.250. The average molecular weight is 326 g/mol. The Morgan fingerprint density at radius 1 is 1.47 bits per heavy atom. The summed E-state index contributed by atoms with van der Waals surface area (Å²) in [6.45, 7) is 0. The van der Waals surface area contributed by atoms with E-state index in [4.69, 9.17) is 5.11 Å². The molecule has 1 aromatic carbocycles. The second-order valence-electron chi connectivity index (χ2n) is 4.41. The highest BCUT2D eigenvalue weighted by Gasteiger charge is 2.34. The zero-order chi connectivity index (χ0) is 13.6. The third-order valence-electron chi connectivity index (χ3n) is 3.01. The Balaban J connectivity index is 2.17. The molecule has 1 N–H and O–H groups in total. The Morgan fingerprint density at radius 2 is 2.21 bits per heavy atom. The summed E-state index contributed by atoms with van der Waals surface area (Å²) in [6, 6.07) is 4.17. The molecule has 5 nitrogen and oxygen atoms in total. The Kier molecular flexibility index (Phi) is 2.85. The summed E-state index contributed by atoms with van der Waals surface area (Å²) in [5.41, 5.74) is 1.14. The van der Waals surface area contributed by atoms with E-state index < -0.39 is 5.97 Å². The normalized spacial score (nSPS) is 14.6. The molecule has 0 radical (unpaired) electrons. The SMILES string of the molecule is O=C(O)c1nnn(-c2ccc(F)cc2Br)c1C1CC1. The van der Waals surface area contributed by atoms with Crippen molar-refractivity contribution in [2.24, 2.45) is 0 Å². The number of rotatable bonds is 3. The van der Waals surface area contributed by atoms with E-state index in [2.05, 4.69) is 26.2 Å². The van der Waals surface area contributed by atoms with Crippen molar-refractivity contribution in [1.29, 1.82) is 0 Å². The van der Waals surface area contributed by atoms with Crippen molar-refractivity contribution in [3.8, 4) is 5.69 Å². The topological polar surface area (TPSA) is 68.0 Å². The second kappa shape index (κ2) is 4.41. The zero-order valence-corrected chi connectivity index (χ0v) is 11.3. The van der Waals surface area contributed by atoms with E-state index in [0.717, 1.165) is 12.8 Å². The number of hydrogen-bond donors (Lipinski definition) is 1. The Hall–Kier alpha value is -1.76. The van der Waals surface area contributed by atoms with E-state index in [0.29, 0.717) is 15.9 Å². The van der Waals surface area contributed by atoms with Crippen molar-refractivity contribution in [3.05, 3.63) is 39.9 Å². The molecule has 0 amide bonds. The first-order valence-corrected chi connectivity index (χ1v) is 6.51. The van der Waals surface area contributed by atoms with Gasteiger partial charge in [0.25, 0.3) is 0 Å². The largest absolute Gasteiger partial charge is 0.476 e. The molecule has 1 saturated carbocycles. The first-order chi connectivity index (χ1) is 9.08. The van der Waals surface area contributed by atoms with Crippen LogP contribution in [0.2, 0.25) is 0 Å². The number of carbonyl (C=O) groups is 1. The molecule has 98 valence electrons. The van der Waals surface area contributed by atoms with Crippen LogP contribution in [0.1, 0.15) is 34.9 Å². The minimum atomic E-state index is -1.09. The molecular formula is C12H9BrFN3O2. The van der Waals surface area contributed by atoms with Gasteiger partial charge in [0.1, 0.15) is 5.82 Å². The van der Waals surface area contributed by atoms with Crippen LogP contribution in [0.5, 0.6) is 0 Å². The van der Waals surface area contributed by atoms with Crippen molar-refractivity contribution < 1.29 is 14.3 Å². The first kappa shape index (κ1) is 12.3. The summed E-state index contributed by atoms with van der Waals surface area (Å²) in [4.78, 5) is 11.2. The molecule has 0 unspecified atom stereocenters. The summed E-state index contributed by atoms with van der Waals surface area (Å²) in [7, 11) is 0. The van der Waals surface area contributed by atoms with Crippen molar-refractivity contribution in [1.82, 2.24) is 15.0 Å². The quantitative estimate of drug-likeness (QED) is 0.942. The van der Waals surface area contributed by atoms with Crippen LogP contribution >= 0.6 is 15.9 Å². The van der Waals surface area contributed by atoms with E-state index in [1.807, 2.05) is 0 Å². The fourth-order valence-electron chi connectivity index (χ4n) is 2.00. The summed E-state index contributed by atoms with van der Waals surface area (Å²) >= 11 is 3.26. The lowest BCUT2D eigenvalue weighted by atomic mass is 10.2.